The van der Waals surface area contributed by atoms with E-state index < -0.39 is 11.9 Å². The van der Waals surface area contributed by atoms with Gasteiger partial charge in [0.2, 0.25) is 0 Å². The van der Waals surface area contributed by atoms with E-state index in [9.17, 15) is 19.1 Å². The van der Waals surface area contributed by atoms with Crippen molar-refractivity contribution in [3.8, 4) is 11.8 Å². The van der Waals surface area contributed by atoms with Gasteiger partial charge in [-0.2, -0.15) is 0 Å². The van der Waals surface area contributed by atoms with E-state index in [1.54, 1.807) is 25.1 Å². The smallest absolute Gasteiger partial charge is 0.303 e. The molecular formula is C36H45FN2O4. The van der Waals surface area contributed by atoms with Gasteiger partial charge in [0.15, 0.2) is 0 Å². The van der Waals surface area contributed by atoms with Crippen molar-refractivity contribution in [2.45, 2.75) is 97.2 Å². The first-order valence-electron chi connectivity index (χ1n) is 16.2. The van der Waals surface area contributed by atoms with Crippen LogP contribution in [0.2, 0.25) is 0 Å². The molecule has 5 aliphatic rings. The number of carboxylic acids is 1. The van der Waals surface area contributed by atoms with E-state index in [0.29, 0.717) is 46.8 Å². The molecule has 1 aromatic carbocycles. The highest BCUT2D eigenvalue weighted by Gasteiger charge is 2.67. The predicted molar refractivity (Wildman–Crippen MR) is 164 cm³/mol. The lowest BCUT2D eigenvalue weighted by Crippen LogP contribution is -2.56. The van der Waals surface area contributed by atoms with E-state index in [2.05, 4.69) is 30.7 Å². The van der Waals surface area contributed by atoms with Gasteiger partial charge in [-0.25, -0.2) is 9.38 Å². The number of aliphatic imine (C=N–C) groups is 1. The van der Waals surface area contributed by atoms with Crippen molar-refractivity contribution < 1.29 is 23.8 Å². The molecule has 230 valence electrons. The minimum absolute atomic E-state index is 0.0909. The number of hydrogen-bond acceptors (Lipinski definition) is 3. The number of carbonyl (C=O) groups excluding carboxylic acids is 1. The van der Waals surface area contributed by atoms with Gasteiger partial charge in [-0.05, 0) is 123 Å². The normalized spacial score (nSPS) is 39.9. The zero-order valence-electron chi connectivity index (χ0n) is 25.7. The molecule has 1 saturated heterocycles. The molecule has 5 fully saturated rings. The van der Waals surface area contributed by atoms with Crippen LogP contribution in [0.3, 0.4) is 0 Å². The van der Waals surface area contributed by atoms with Crippen LogP contribution in [-0.2, 0) is 14.3 Å². The molecule has 3 N–H and O–H groups in total. The molecular weight excluding hydrogens is 543 g/mol. The number of ether oxygens (including phenoxy) is 1. The lowest BCUT2D eigenvalue weighted by Gasteiger charge is -2.61. The van der Waals surface area contributed by atoms with Crippen molar-refractivity contribution in [3.63, 3.8) is 0 Å². The summed E-state index contributed by atoms with van der Waals surface area (Å²) < 4.78 is 21.7. The van der Waals surface area contributed by atoms with Crippen LogP contribution in [0.1, 0.15) is 96.1 Å². The summed E-state index contributed by atoms with van der Waals surface area (Å²) in [6, 6.07) is 4.88. The number of nitrogens with two attached hydrogens (primary N) is 1. The third-order valence-corrected chi connectivity index (χ3v) is 12.6. The highest BCUT2D eigenvalue weighted by atomic mass is 19.1. The highest BCUT2D eigenvalue weighted by molar-refractivity contribution is 6.00. The maximum Gasteiger partial charge on any atom is 0.303 e. The van der Waals surface area contributed by atoms with Crippen molar-refractivity contribution in [1.29, 1.82) is 0 Å². The molecule has 1 heterocycles. The maximum absolute atomic E-state index is 14.9. The molecule has 8 unspecified atom stereocenters. The van der Waals surface area contributed by atoms with Crippen LogP contribution in [0.4, 0.5) is 4.39 Å². The fourth-order valence-electron chi connectivity index (χ4n) is 10.4. The Morgan fingerprint density at radius 2 is 1.93 bits per heavy atom. The van der Waals surface area contributed by atoms with Crippen LogP contribution in [0.15, 0.2) is 28.8 Å². The Hall–Kier alpha value is -2.98. The molecule has 0 radical (unpaired) electrons. The van der Waals surface area contributed by atoms with Crippen molar-refractivity contribution >= 4 is 24.3 Å². The molecule has 1 amide bonds. The summed E-state index contributed by atoms with van der Waals surface area (Å²) in [6.07, 6.45) is 13.0. The van der Waals surface area contributed by atoms with E-state index in [-0.39, 0.29) is 41.2 Å². The quantitative estimate of drug-likeness (QED) is 0.174. The fourth-order valence-corrected chi connectivity index (χ4v) is 10.4. The van der Waals surface area contributed by atoms with Gasteiger partial charge in [0.05, 0.1) is 24.1 Å². The second kappa shape index (κ2) is 11.5. The first kappa shape index (κ1) is 30.1. The Morgan fingerprint density at radius 3 is 2.67 bits per heavy atom. The third kappa shape index (κ3) is 5.24. The minimum atomic E-state index is -0.726. The first-order chi connectivity index (χ1) is 20.5. The van der Waals surface area contributed by atoms with E-state index >= 15 is 0 Å². The summed E-state index contributed by atoms with van der Waals surface area (Å²) >= 11 is 0. The Balaban J connectivity index is 1.14. The Morgan fingerprint density at radius 1 is 1.14 bits per heavy atom. The first-order valence-corrected chi connectivity index (χ1v) is 16.2. The number of halogens is 1. The van der Waals surface area contributed by atoms with Gasteiger partial charge >= 0.3 is 5.97 Å². The number of aliphatic carboxylic acids is 1. The molecule has 43 heavy (non-hydrogen) atoms. The standard InChI is InChI=1S/C36H45FN2O4/c1-21(34(42)39-20-38)16-23-5-7-24(30(37)18-23)6-4-22-14-15-35(2)25(17-22)8-9-26-27-10-11-28-31(12-13-33(40)41)43-32(19-29(26)35)36(27,28)3/h5,7,16,18,20,22,25-29,31-32H,8-15,17,19H2,1-3H3,(H,40,41)(H2,38,39,42)/b21-16+/t22?,25?,26?,27?,28?,29?,31-,32+,35?,36?/m1/s1. The Labute approximate surface area is 254 Å². The van der Waals surface area contributed by atoms with Crippen LogP contribution in [-0.4, -0.2) is 35.5 Å². The summed E-state index contributed by atoms with van der Waals surface area (Å²) in [4.78, 5) is 26.7. The zero-order chi connectivity index (χ0) is 30.5. The van der Waals surface area contributed by atoms with Crippen LogP contribution < -0.4 is 5.73 Å². The number of carbonyl (C=O) groups is 2. The van der Waals surface area contributed by atoms with Gasteiger partial charge in [-0.15, -0.1) is 0 Å². The lowest BCUT2D eigenvalue weighted by molar-refractivity contribution is -0.150. The van der Waals surface area contributed by atoms with Gasteiger partial charge in [0.25, 0.3) is 5.91 Å². The molecule has 4 aliphatic carbocycles. The third-order valence-electron chi connectivity index (χ3n) is 12.6. The van der Waals surface area contributed by atoms with Gasteiger partial charge in [0, 0.05) is 23.3 Å². The molecule has 6 rings (SSSR count). The largest absolute Gasteiger partial charge is 0.481 e. The number of nitrogens with zero attached hydrogens (tertiary/aromatic N) is 1. The van der Waals surface area contributed by atoms with Gasteiger partial charge in [-0.1, -0.05) is 31.8 Å². The van der Waals surface area contributed by atoms with Crippen LogP contribution in [0.5, 0.6) is 0 Å². The van der Waals surface area contributed by atoms with Crippen LogP contribution in [0, 0.1) is 64.0 Å². The number of fused-ring (bicyclic) bond motifs is 4. The van der Waals surface area contributed by atoms with Crippen molar-refractivity contribution in [2.75, 3.05) is 0 Å². The topological polar surface area (TPSA) is 102 Å². The summed E-state index contributed by atoms with van der Waals surface area (Å²) in [5.41, 5.74) is 7.01. The number of hydrogen-bond donors (Lipinski definition) is 2. The molecule has 1 aromatic rings. The molecule has 0 bridgehead atoms. The maximum atomic E-state index is 14.9. The van der Waals surface area contributed by atoms with Crippen molar-refractivity contribution in [2.24, 2.45) is 57.1 Å². The number of carboxylic acid groups (broad SMARTS) is 1. The lowest BCUT2D eigenvalue weighted by atomic mass is 9.44. The second-order valence-electron chi connectivity index (χ2n) is 14.4. The SMILES string of the molecule is C/C(=C\c1ccc(C#CC2CCC3(C)C(CCC4C3C[C@@H]3O[C@H](CCC(=O)O)C5CCC4C53C)C2)c(F)c1)C(=O)N=CN. The van der Waals surface area contributed by atoms with E-state index in [1.165, 1.54) is 31.7 Å². The molecule has 0 spiro atoms. The van der Waals surface area contributed by atoms with Crippen molar-refractivity contribution in [1.82, 2.24) is 0 Å². The zero-order valence-corrected chi connectivity index (χ0v) is 25.7. The summed E-state index contributed by atoms with van der Waals surface area (Å²) in [7, 11) is 0. The summed E-state index contributed by atoms with van der Waals surface area (Å²) in [5, 5.41) is 9.30. The van der Waals surface area contributed by atoms with Gasteiger partial charge in [0.1, 0.15) is 5.82 Å². The minimum Gasteiger partial charge on any atom is -0.481 e. The fraction of sp³-hybridized carbons (Fsp3) is 0.639. The Kier molecular flexibility index (Phi) is 8.04. The number of benzene rings is 1. The molecule has 4 saturated carbocycles. The van der Waals surface area contributed by atoms with E-state index in [4.69, 9.17) is 10.5 Å². The number of rotatable bonds is 5. The van der Waals surface area contributed by atoms with Crippen molar-refractivity contribution in [3.05, 3.63) is 40.7 Å². The molecule has 1 aliphatic heterocycles. The molecule has 10 atom stereocenters. The predicted octanol–water partition coefficient (Wildman–Crippen LogP) is 6.61. The summed E-state index contributed by atoms with van der Waals surface area (Å²) in [6.45, 7) is 6.63. The van der Waals surface area contributed by atoms with Crippen LogP contribution in [0.25, 0.3) is 6.08 Å². The van der Waals surface area contributed by atoms with Crippen LogP contribution >= 0.6 is 0 Å². The average molecular weight is 589 g/mol. The summed E-state index contributed by atoms with van der Waals surface area (Å²) in [5.74, 6) is 8.44. The molecule has 6 nitrogen and oxygen atoms in total. The number of amides is 1. The van der Waals surface area contributed by atoms with Gasteiger partial charge < -0.3 is 15.6 Å². The molecule has 0 aromatic heterocycles. The van der Waals surface area contributed by atoms with E-state index in [1.807, 2.05) is 0 Å². The molecule has 7 heteroatoms. The second-order valence-corrected chi connectivity index (χ2v) is 14.4. The van der Waals surface area contributed by atoms with E-state index in [0.717, 1.165) is 37.9 Å². The highest BCUT2D eigenvalue weighted by Crippen LogP contribution is 2.71. The monoisotopic (exact) mass is 588 g/mol. The average Bonchev–Trinajstić information content (AvgIpc) is 3.46. The van der Waals surface area contributed by atoms with Gasteiger partial charge in [-0.3, -0.25) is 9.59 Å². The Bertz CT molecular complexity index is 1410.